The Morgan fingerprint density at radius 1 is 1.13 bits per heavy atom. The largest absolute Gasteiger partial charge is 0.573 e. The lowest BCUT2D eigenvalue weighted by Crippen LogP contribution is -2.49. The normalized spacial score (nSPS) is 11.9. The van der Waals surface area contributed by atoms with Gasteiger partial charge in [-0.1, -0.05) is 18.2 Å². The number of aromatic nitrogens is 2. The maximum atomic E-state index is 12.8. The third kappa shape index (κ3) is 4.70. The molecule has 0 bridgehead atoms. The summed E-state index contributed by atoms with van der Waals surface area (Å²) in [4.78, 5) is 25.1. The van der Waals surface area contributed by atoms with Crippen molar-refractivity contribution in [3.63, 3.8) is 0 Å². The van der Waals surface area contributed by atoms with Crippen LogP contribution in [0.15, 0.2) is 64.0 Å². The van der Waals surface area contributed by atoms with Crippen LogP contribution in [-0.2, 0) is 16.9 Å². The molecular weight excluding hydrogens is 403 g/mol. The zero-order valence-electron chi connectivity index (χ0n) is 16.1. The fourth-order valence-electron chi connectivity index (χ4n) is 2.73. The van der Waals surface area contributed by atoms with Gasteiger partial charge in [0.25, 0.3) is 5.56 Å². The topological polar surface area (TPSA) is 86.4 Å². The predicted molar refractivity (Wildman–Crippen MR) is 100 cm³/mol. The highest BCUT2D eigenvalue weighted by Gasteiger charge is 2.34. The Labute approximate surface area is 169 Å². The zero-order chi connectivity index (χ0) is 21.9. The molecule has 158 valence electrons. The number of benzene rings is 1. The van der Waals surface area contributed by atoms with E-state index >= 15 is 0 Å². The second kappa shape index (κ2) is 8.05. The SMILES string of the molecule is CC(C)(C(=O)NCc1ccccc1OC(F)(F)F)n1nc(-c2ccco2)ccc1=O. The standard InChI is InChI=1S/C20H18F3N3O4/c1-19(2,26-17(27)10-9-14(25-26)16-8-5-11-29-16)18(28)24-12-13-6-3-4-7-15(13)30-20(21,22)23/h3-11H,12H2,1-2H3,(H,24,28). The Morgan fingerprint density at radius 2 is 1.87 bits per heavy atom. The third-order valence-corrected chi connectivity index (χ3v) is 4.30. The number of nitrogens with zero attached hydrogens (tertiary/aromatic N) is 2. The molecule has 0 aliphatic carbocycles. The summed E-state index contributed by atoms with van der Waals surface area (Å²) in [5.41, 5.74) is -1.47. The first kappa shape index (κ1) is 21.2. The highest BCUT2D eigenvalue weighted by Crippen LogP contribution is 2.26. The first-order valence-corrected chi connectivity index (χ1v) is 8.84. The molecule has 2 heterocycles. The number of hydrogen-bond donors (Lipinski definition) is 1. The molecule has 2 aromatic heterocycles. The third-order valence-electron chi connectivity index (χ3n) is 4.30. The van der Waals surface area contributed by atoms with Crippen molar-refractivity contribution in [1.82, 2.24) is 15.1 Å². The summed E-state index contributed by atoms with van der Waals surface area (Å²) < 4.78 is 47.9. The monoisotopic (exact) mass is 421 g/mol. The Morgan fingerprint density at radius 3 is 2.53 bits per heavy atom. The molecule has 0 saturated heterocycles. The van der Waals surface area contributed by atoms with Gasteiger partial charge in [-0.2, -0.15) is 5.10 Å². The van der Waals surface area contributed by atoms with Crippen LogP contribution in [0.5, 0.6) is 5.75 Å². The molecule has 0 atom stereocenters. The van der Waals surface area contributed by atoms with Gasteiger partial charge in [0.2, 0.25) is 5.91 Å². The van der Waals surface area contributed by atoms with Gasteiger partial charge in [-0.05, 0) is 38.1 Å². The van der Waals surface area contributed by atoms with E-state index in [-0.39, 0.29) is 12.1 Å². The summed E-state index contributed by atoms with van der Waals surface area (Å²) in [6, 6.07) is 11.5. The van der Waals surface area contributed by atoms with Crippen LogP contribution in [0.3, 0.4) is 0 Å². The molecular formula is C20H18F3N3O4. The second-order valence-corrected chi connectivity index (χ2v) is 6.84. The number of carbonyl (C=O) groups is 1. The van der Waals surface area contributed by atoms with Gasteiger partial charge in [0.05, 0.1) is 6.26 Å². The molecule has 30 heavy (non-hydrogen) atoms. The van der Waals surface area contributed by atoms with E-state index in [0.717, 1.165) is 10.7 Å². The van der Waals surface area contributed by atoms with Crippen molar-refractivity contribution in [3.8, 4) is 17.2 Å². The van der Waals surface area contributed by atoms with Crippen LogP contribution < -0.4 is 15.6 Å². The summed E-state index contributed by atoms with van der Waals surface area (Å²) in [5.74, 6) is -0.619. The van der Waals surface area contributed by atoms with E-state index < -0.39 is 29.1 Å². The fraction of sp³-hybridized carbons (Fsp3) is 0.250. The average molecular weight is 421 g/mol. The quantitative estimate of drug-likeness (QED) is 0.659. The van der Waals surface area contributed by atoms with Gasteiger partial charge in [0.15, 0.2) is 5.76 Å². The van der Waals surface area contributed by atoms with Gasteiger partial charge >= 0.3 is 6.36 Å². The van der Waals surface area contributed by atoms with Crippen molar-refractivity contribution < 1.29 is 27.1 Å². The highest BCUT2D eigenvalue weighted by molar-refractivity contribution is 5.83. The van der Waals surface area contributed by atoms with Crippen molar-refractivity contribution in [3.05, 3.63) is 70.7 Å². The van der Waals surface area contributed by atoms with Crippen molar-refractivity contribution in [1.29, 1.82) is 0 Å². The molecule has 0 saturated carbocycles. The molecule has 1 N–H and O–H groups in total. The minimum Gasteiger partial charge on any atom is -0.463 e. The molecule has 1 amide bonds. The summed E-state index contributed by atoms with van der Waals surface area (Å²) >= 11 is 0. The van der Waals surface area contributed by atoms with Crippen molar-refractivity contribution >= 4 is 5.91 Å². The average Bonchev–Trinajstić information content (AvgIpc) is 3.21. The van der Waals surface area contributed by atoms with E-state index in [4.69, 9.17) is 4.42 Å². The van der Waals surface area contributed by atoms with Crippen LogP contribution in [0, 0.1) is 0 Å². The van der Waals surface area contributed by atoms with E-state index in [9.17, 15) is 22.8 Å². The van der Waals surface area contributed by atoms with Gasteiger partial charge in [-0.15, -0.1) is 13.2 Å². The van der Waals surface area contributed by atoms with E-state index in [1.54, 1.807) is 12.1 Å². The number of para-hydroxylation sites is 1. The number of rotatable bonds is 6. The molecule has 0 aliphatic rings. The number of alkyl halides is 3. The molecule has 0 unspecified atom stereocenters. The van der Waals surface area contributed by atoms with Crippen LogP contribution in [0.2, 0.25) is 0 Å². The second-order valence-electron chi connectivity index (χ2n) is 6.84. The molecule has 10 heteroatoms. The number of ether oxygens (including phenoxy) is 1. The summed E-state index contributed by atoms with van der Waals surface area (Å²) in [5, 5.41) is 6.74. The molecule has 0 spiro atoms. The molecule has 3 aromatic rings. The number of hydrogen-bond acceptors (Lipinski definition) is 5. The number of halogens is 3. The molecule has 0 aliphatic heterocycles. The van der Waals surface area contributed by atoms with Gasteiger partial charge < -0.3 is 14.5 Å². The molecule has 1 aromatic carbocycles. The van der Waals surface area contributed by atoms with Crippen molar-refractivity contribution in [2.24, 2.45) is 0 Å². The predicted octanol–water partition coefficient (Wildman–Crippen LogP) is 3.45. The van der Waals surface area contributed by atoms with E-state index in [1.165, 1.54) is 50.4 Å². The van der Waals surface area contributed by atoms with Crippen molar-refractivity contribution in [2.45, 2.75) is 32.3 Å². The van der Waals surface area contributed by atoms with Gasteiger partial charge in [0.1, 0.15) is 17.0 Å². The summed E-state index contributed by atoms with van der Waals surface area (Å²) in [6.45, 7) is 2.71. The Bertz CT molecular complexity index is 1090. The van der Waals surface area contributed by atoms with Crippen LogP contribution in [0.1, 0.15) is 19.4 Å². The Kier molecular flexibility index (Phi) is 5.68. The lowest BCUT2D eigenvalue weighted by atomic mass is 10.0. The fourth-order valence-corrected chi connectivity index (χ4v) is 2.73. The molecule has 7 nitrogen and oxygen atoms in total. The minimum atomic E-state index is -4.86. The van der Waals surface area contributed by atoms with Crippen LogP contribution in [-0.4, -0.2) is 22.1 Å². The lowest BCUT2D eigenvalue weighted by molar-refractivity contribution is -0.274. The lowest BCUT2D eigenvalue weighted by Gasteiger charge is -2.25. The Hall–Kier alpha value is -3.56. The molecule has 0 radical (unpaired) electrons. The number of amides is 1. The number of nitrogens with one attached hydrogen (secondary N) is 1. The highest BCUT2D eigenvalue weighted by atomic mass is 19.4. The molecule has 0 fully saturated rings. The summed E-state index contributed by atoms with van der Waals surface area (Å²) in [7, 11) is 0. The van der Waals surface area contributed by atoms with E-state index in [2.05, 4.69) is 15.2 Å². The van der Waals surface area contributed by atoms with Crippen LogP contribution in [0.4, 0.5) is 13.2 Å². The van der Waals surface area contributed by atoms with E-state index in [0.29, 0.717) is 11.5 Å². The van der Waals surface area contributed by atoms with E-state index in [1.807, 2.05) is 0 Å². The van der Waals surface area contributed by atoms with Crippen LogP contribution in [0.25, 0.3) is 11.5 Å². The number of furan rings is 1. The molecule has 3 rings (SSSR count). The first-order chi connectivity index (χ1) is 14.1. The zero-order valence-corrected chi connectivity index (χ0v) is 16.1. The first-order valence-electron chi connectivity index (χ1n) is 8.84. The van der Waals surface area contributed by atoms with Gasteiger partial charge in [0, 0.05) is 18.2 Å². The maximum absolute atomic E-state index is 12.8. The maximum Gasteiger partial charge on any atom is 0.573 e. The summed E-state index contributed by atoms with van der Waals surface area (Å²) in [6.07, 6.45) is -3.41. The minimum absolute atomic E-state index is 0.128. The van der Waals surface area contributed by atoms with Gasteiger partial charge in [-0.25, -0.2) is 4.68 Å². The number of carbonyl (C=O) groups excluding carboxylic acids is 1. The van der Waals surface area contributed by atoms with Crippen LogP contribution >= 0.6 is 0 Å². The smallest absolute Gasteiger partial charge is 0.463 e. The Balaban J connectivity index is 1.81. The van der Waals surface area contributed by atoms with Gasteiger partial charge in [-0.3, -0.25) is 9.59 Å². The van der Waals surface area contributed by atoms with Crippen molar-refractivity contribution in [2.75, 3.05) is 0 Å².